The van der Waals surface area contributed by atoms with Crippen molar-refractivity contribution in [1.29, 1.82) is 0 Å². The van der Waals surface area contributed by atoms with Crippen molar-refractivity contribution in [3.05, 3.63) is 102 Å². The number of phenols is 1. The SMILES string of the molecule is COC(=O)c1cccc2c1c1c(O)cccc1n2Cc1ccccc1-c1ccccc1. The molecule has 0 unspecified atom stereocenters. The average Bonchev–Trinajstić information content (AvgIpc) is 3.14. The monoisotopic (exact) mass is 407 g/mol. The molecule has 4 aromatic carbocycles. The van der Waals surface area contributed by atoms with Gasteiger partial charge in [0, 0.05) is 11.9 Å². The number of fused-ring (bicyclic) bond motifs is 3. The Labute approximate surface area is 179 Å². The van der Waals surface area contributed by atoms with Crippen LogP contribution in [0.3, 0.4) is 0 Å². The lowest BCUT2D eigenvalue weighted by molar-refractivity contribution is 0.0603. The highest BCUT2D eigenvalue weighted by Gasteiger charge is 2.20. The summed E-state index contributed by atoms with van der Waals surface area (Å²) < 4.78 is 7.16. The van der Waals surface area contributed by atoms with E-state index in [1.165, 1.54) is 7.11 Å². The minimum Gasteiger partial charge on any atom is -0.507 e. The van der Waals surface area contributed by atoms with E-state index < -0.39 is 5.97 Å². The summed E-state index contributed by atoms with van der Waals surface area (Å²) in [4.78, 5) is 12.5. The van der Waals surface area contributed by atoms with Crippen molar-refractivity contribution in [1.82, 2.24) is 4.57 Å². The Balaban J connectivity index is 1.78. The predicted octanol–water partition coefficient (Wildman–Crippen LogP) is 6.00. The Hall–Kier alpha value is -4.05. The van der Waals surface area contributed by atoms with Crippen molar-refractivity contribution in [2.24, 2.45) is 0 Å². The fourth-order valence-corrected chi connectivity index (χ4v) is 4.35. The third-order valence-electron chi connectivity index (χ3n) is 5.73. The summed E-state index contributed by atoms with van der Waals surface area (Å²) in [5, 5.41) is 12.1. The number of rotatable bonds is 4. The first-order valence-electron chi connectivity index (χ1n) is 10.1. The number of hydrogen-bond acceptors (Lipinski definition) is 3. The van der Waals surface area contributed by atoms with Gasteiger partial charge in [0.15, 0.2) is 0 Å². The number of nitrogens with zero attached hydrogens (tertiary/aromatic N) is 1. The van der Waals surface area contributed by atoms with Crippen molar-refractivity contribution in [2.75, 3.05) is 7.11 Å². The van der Waals surface area contributed by atoms with Gasteiger partial charge in [-0.15, -0.1) is 0 Å². The van der Waals surface area contributed by atoms with E-state index >= 15 is 0 Å². The van der Waals surface area contributed by atoms with Gasteiger partial charge in [-0.2, -0.15) is 0 Å². The van der Waals surface area contributed by atoms with E-state index in [0.29, 0.717) is 22.9 Å². The maximum absolute atomic E-state index is 12.5. The lowest BCUT2D eigenvalue weighted by Gasteiger charge is -2.13. The summed E-state index contributed by atoms with van der Waals surface area (Å²) in [6.45, 7) is 0.596. The molecule has 1 N–H and O–H groups in total. The van der Waals surface area contributed by atoms with Gasteiger partial charge in [0.05, 0.1) is 29.1 Å². The fourth-order valence-electron chi connectivity index (χ4n) is 4.35. The van der Waals surface area contributed by atoms with E-state index in [1.54, 1.807) is 12.1 Å². The standard InChI is InChI=1S/C27H21NO3/c1-31-27(30)21-13-7-14-22-25(21)26-23(15-8-16-24(26)29)28(22)17-19-11-5-6-12-20(19)18-9-3-2-4-10-18/h2-16,29H,17H2,1H3. The number of methoxy groups -OCH3 is 1. The van der Waals surface area contributed by atoms with Gasteiger partial charge in [-0.1, -0.05) is 66.7 Å². The zero-order valence-electron chi connectivity index (χ0n) is 17.1. The Kier molecular flexibility index (Phi) is 4.68. The van der Waals surface area contributed by atoms with Crippen molar-refractivity contribution < 1.29 is 14.6 Å². The molecule has 0 aliphatic heterocycles. The van der Waals surface area contributed by atoms with E-state index in [0.717, 1.165) is 27.7 Å². The number of benzene rings is 4. The number of carbonyl (C=O) groups is 1. The molecular weight excluding hydrogens is 386 g/mol. The Bertz CT molecular complexity index is 1420. The zero-order chi connectivity index (χ0) is 21.4. The highest BCUT2D eigenvalue weighted by atomic mass is 16.5. The Morgan fingerprint density at radius 1 is 0.806 bits per heavy atom. The summed E-state index contributed by atoms with van der Waals surface area (Å²) in [5.74, 6) is -0.272. The molecule has 0 fully saturated rings. The molecule has 4 heteroatoms. The first-order chi connectivity index (χ1) is 15.2. The predicted molar refractivity (Wildman–Crippen MR) is 123 cm³/mol. The molecule has 0 saturated carbocycles. The van der Waals surface area contributed by atoms with E-state index in [1.807, 2.05) is 54.6 Å². The normalized spacial score (nSPS) is 11.1. The summed E-state index contributed by atoms with van der Waals surface area (Å²) >= 11 is 0. The Morgan fingerprint density at radius 3 is 2.26 bits per heavy atom. The molecule has 0 spiro atoms. The molecule has 4 nitrogen and oxygen atoms in total. The van der Waals surface area contributed by atoms with Crippen molar-refractivity contribution in [3.63, 3.8) is 0 Å². The van der Waals surface area contributed by atoms with Crippen LogP contribution in [-0.4, -0.2) is 22.8 Å². The van der Waals surface area contributed by atoms with Crippen LogP contribution in [0, 0.1) is 0 Å². The van der Waals surface area contributed by atoms with E-state index in [9.17, 15) is 9.90 Å². The van der Waals surface area contributed by atoms with Crippen LogP contribution >= 0.6 is 0 Å². The lowest BCUT2D eigenvalue weighted by atomic mass is 9.99. The molecule has 5 aromatic rings. The minimum absolute atomic E-state index is 0.147. The summed E-state index contributed by atoms with van der Waals surface area (Å²) in [6.07, 6.45) is 0. The van der Waals surface area contributed by atoms with Crippen LogP contribution in [0.1, 0.15) is 15.9 Å². The average molecular weight is 407 g/mol. The van der Waals surface area contributed by atoms with E-state index in [2.05, 4.69) is 28.8 Å². The zero-order valence-corrected chi connectivity index (χ0v) is 17.1. The quantitative estimate of drug-likeness (QED) is 0.372. The molecule has 1 aromatic heterocycles. The van der Waals surface area contributed by atoms with Gasteiger partial charge in [0.2, 0.25) is 0 Å². The number of aromatic nitrogens is 1. The van der Waals surface area contributed by atoms with Gasteiger partial charge in [-0.3, -0.25) is 0 Å². The minimum atomic E-state index is -0.419. The molecule has 0 saturated heterocycles. The molecule has 31 heavy (non-hydrogen) atoms. The number of phenolic OH excluding ortho intramolecular Hbond substituents is 1. The van der Waals surface area contributed by atoms with Crippen LogP contribution in [0.15, 0.2) is 91.0 Å². The van der Waals surface area contributed by atoms with Gasteiger partial charge < -0.3 is 14.4 Å². The van der Waals surface area contributed by atoms with Crippen LogP contribution in [0.5, 0.6) is 5.75 Å². The highest BCUT2D eigenvalue weighted by molar-refractivity contribution is 6.19. The number of aromatic hydroxyl groups is 1. The van der Waals surface area contributed by atoms with Gasteiger partial charge in [0.1, 0.15) is 5.75 Å². The third-order valence-corrected chi connectivity index (χ3v) is 5.73. The molecule has 0 bridgehead atoms. The fraction of sp³-hybridized carbons (Fsp3) is 0.0741. The number of ether oxygens (including phenoxy) is 1. The largest absolute Gasteiger partial charge is 0.507 e. The molecule has 0 radical (unpaired) electrons. The number of hydrogen-bond donors (Lipinski definition) is 1. The van der Waals surface area contributed by atoms with E-state index in [4.69, 9.17) is 4.74 Å². The maximum atomic E-state index is 12.5. The van der Waals surface area contributed by atoms with Crippen molar-refractivity contribution in [2.45, 2.75) is 6.54 Å². The van der Waals surface area contributed by atoms with Crippen molar-refractivity contribution >= 4 is 27.8 Å². The molecule has 0 amide bonds. The first kappa shape index (κ1) is 18.9. The van der Waals surface area contributed by atoms with E-state index in [-0.39, 0.29) is 5.75 Å². The second-order valence-electron chi connectivity index (χ2n) is 7.47. The third kappa shape index (κ3) is 3.13. The molecule has 0 aliphatic carbocycles. The number of carbonyl (C=O) groups excluding carboxylic acids is 1. The Morgan fingerprint density at radius 2 is 1.48 bits per heavy atom. The molecule has 1 heterocycles. The van der Waals surface area contributed by atoms with Crippen LogP contribution in [0.2, 0.25) is 0 Å². The smallest absolute Gasteiger partial charge is 0.338 e. The van der Waals surface area contributed by atoms with Gasteiger partial charge in [-0.25, -0.2) is 4.79 Å². The summed E-state index contributed by atoms with van der Waals surface area (Å²) in [5.41, 5.74) is 5.65. The van der Waals surface area contributed by atoms with Crippen LogP contribution in [-0.2, 0) is 11.3 Å². The van der Waals surface area contributed by atoms with Gasteiger partial charge >= 0.3 is 5.97 Å². The second kappa shape index (κ2) is 7.65. The maximum Gasteiger partial charge on any atom is 0.338 e. The topological polar surface area (TPSA) is 51.5 Å². The van der Waals surface area contributed by atoms with Gasteiger partial charge in [-0.05, 0) is 41.0 Å². The lowest BCUT2D eigenvalue weighted by Crippen LogP contribution is -2.03. The first-order valence-corrected chi connectivity index (χ1v) is 10.1. The second-order valence-corrected chi connectivity index (χ2v) is 7.47. The van der Waals surface area contributed by atoms with Crippen LogP contribution in [0.4, 0.5) is 0 Å². The molecule has 0 aliphatic rings. The van der Waals surface area contributed by atoms with Crippen LogP contribution in [0.25, 0.3) is 32.9 Å². The summed E-state index contributed by atoms with van der Waals surface area (Å²) in [6, 6.07) is 29.6. The summed E-state index contributed by atoms with van der Waals surface area (Å²) in [7, 11) is 1.37. The van der Waals surface area contributed by atoms with Gasteiger partial charge in [0.25, 0.3) is 0 Å². The molecular formula is C27H21NO3. The van der Waals surface area contributed by atoms with Crippen molar-refractivity contribution in [3.8, 4) is 16.9 Å². The number of esters is 1. The van der Waals surface area contributed by atoms with Crippen LogP contribution < -0.4 is 0 Å². The molecule has 152 valence electrons. The molecule has 0 atom stereocenters. The molecule has 5 rings (SSSR count). The highest BCUT2D eigenvalue weighted by Crippen LogP contribution is 2.38.